The summed E-state index contributed by atoms with van der Waals surface area (Å²) in [5.74, 6) is -2.50. The first-order valence-corrected chi connectivity index (χ1v) is 14.1. The summed E-state index contributed by atoms with van der Waals surface area (Å²) in [5, 5.41) is 41.8. The molecule has 1 unspecified atom stereocenters. The Bertz CT molecular complexity index is 1430. The highest BCUT2D eigenvalue weighted by atomic mass is 16.3. The number of nitrogens with one attached hydrogen (secondary N) is 1. The number of carbonyl (C=O) groups is 3. The zero-order valence-electron chi connectivity index (χ0n) is 24.2. The number of benzene rings is 3. The highest BCUT2D eigenvalue weighted by Crippen LogP contribution is 2.25. The Morgan fingerprint density at radius 3 is 1.70 bits per heavy atom. The molecule has 10 nitrogen and oxygen atoms in total. The first-order valence-electron chi connectivity index (χ1n) is 14.1. The van der Waals surface area contributed by atoms with Crippen LogP contribution in [0, 0.1) is 0 Å². The van der Waals surface area contributed by atoms with Gasteiger partial charge in [-0.15, -0.1) is 0 Å². The predicted molar refractivity (Wildman–Crippen MR) is 170 cm³/mol. The van der Waals surface area contributed by atoms with Crippen LogP contribution in [0.25, 0.3) is 18.2 Å². The Morgan fingerprint density at radius 1 is 0.682 bits per heavy atom. The number of rotatable bonds is 15. The van der Waals surface area contributed by atoms with E-state index in [9.17, 15) is 34.8 Å². The van der Waals surface area contributed by atoms with Gasteiger partial charge in [0, 0.05) is 12.2 Å². The van der Waals surface area contributed by atoms with Crippen LogP contribution < -0.4 is 11.1 Å². The van der Waals surface area contributed by atoms with Crippen molar-refractivity contribution in [2.24, 2.45) is 5.73 Å². The van der Waals surface area contributed by atoms with E-state index in [1.165, 1.54) is 78.9 Å². The van der Waals surface area contributed by atoms with Gasteiger partial charge in [0.1, 0.15) is 17.5 Å². The highest BCUT2D eigenvalue weighted by molar-refractivity contribution is 6.12. The molecule has 0 aromatic heterocycles. The molecule has 0 saturated heterocycles. The van der Waals surface area contributed by atoms with Gasteiger partial charge in [0.25, 0.3) is 11.8 Å². The number of phenols is 4. The number of ketones is 1. The van der Waals surface area contributed by atoms with E-state index in [0.29, 0.717) is 42.7 Å². The van der Waals surface area contributed by atoms with E-state index in [2.05, 4.69) is 5.32 Å². The minimum atomic E-state index is -1.16. The third-order valence-electron chi connectivity index (χ3n) is 6.57. The molecule has 44 heavy (non-hydrogen) atoms. The van der Waals surface area contributed by atoms with Crippen LogP contribution in [-0.2, 0) is 14.4 Å². The van der Waals surface area contributed by atoms with E-state index < -0.39 is 23.6 Å². The number of nitrogens with two attached hydrogens (primary N) is 1. The van der Waals surface area contributed by atoms with Gasteiger partial charge in [0.05, 0.1) is 0 Å². The summed E-state index contributed by atoms with van der Waals surface area (Å²) in [6.07, 6.45) is 9.43. The third kappa shape index (κ3) is 10.6. The molecule has 230 valence electrons. The van der Waals surface area contributed by atoms with Crippen LogP contribution in [0.4, 0.5) is 0 Å². The molecule has 7 N–H and O–H groups in total. The summed E-state index contributed by atoms with van der Waals surface area (Å²) in [6.45, 7) is 1.75. The summed E-state index contributed by atoms with van der Waals surface area (Å²) in [5.41, 5.74) is 7.18. The molecule has 0 aliphatic rings. The number of nitrogens with zero attached hydrogens (tertiary/aromatic N) is 1. The first-order chi connectivity index (χ1) is 21.2. The number of phenolic OH excluding ortho intramolecular Hbond substituents is 4. The second kappa shape index (κ2) is 17.1. The number of aromatic hydroxyl groups is 4. The zero-order chi connectivity index (χ0) is 31.9. The Kier molecular flexibility index (Phi) is 12.9. The van der Waals surface area contributed by atoms with Crippen molar-refractivity contribution in [3.63, 3.8) is 0 Å². The fourth-order valence-electron chi connectivity index (χ4n) is 4.19. The maximum absolute atomic E-state index is 13.6. The molecule has 0 spiro atoms. The fourth-order valence-corrected chi connectivity index (χ4v) is 4.19. The smallest absolute Gasteiger partial charge is 0.254 e. The number of carbonyl (C=O) groups excluding carboxylic acids is 3. The van der Waals surface area contributed by atoms with Gasteiger partial charge in [-0.25, -0.2) is 0 Å². The summed E-state index contributed by atoms with van der Waals surface area (Å²) < 4.78 is 0. The average Bonchev–Trinajstić information content (AvgIpc) is 3.01. The molecule has 0 radical (unpaired) electrons. The van der Waals surface area contributed by atoms with Crippen molar-refractivity contribution in [1.29, 1.82) is 0 Å². The van der Waals surface area contributed by atoms with E-state index in [1.54, 1.807) is 24.3 Å². The quantitative estimate of drug-likeness (QED) is 0.0859. The Labute approximate surface area is 256 Å². The predicted octanol–water partition coefficient (Wildman–Crippen LogP) is 3.96. The van der Waals surface area contributed by atoms with Gasteiger partial charge in [-0.05, 0) is 110 Å². The summed E-state index contributed by atoms with van der Waals surface area (Å²) in [7, 11) is 0. The number of hydrogen-bond acceptors (Lipinski definition) is 9. The van der Waals surface area contributed by atoms with Crippen molar-refractivity contribution in [2.75, 3.05) is 19.6 Å². The lowest BCUT2D eigenvalue weighted by Gasteiger charge is -2.27. The van der Waals surface area contributed by atoms with Gasteiger partial charge in [-0.3, -0.25) is 19.3 Å². The number of amides is 2. The van der Waals surface area contributed by atoms with E-state index in [0.717, 1.165) is 11.3 Å². The normalized spacial score (nSPS) is 12.2. The standard InChI is InChI=1S/C34H37N3O7/c35-20-2-22-36-21-1-3-29(30(40)16-8-26-9-17-31(41)32(42)23-26)37(33(43)18-10-24-4-12-27(38)13-5-24)34(44)19-11-25-6-14-28(39)15-7-25/h4-19,23,29,36,38-39,41-42H,1-3,20-22,35H2. The molecule has 10 heteroatoms. The van der Waals surface area contributed by atoms with Crippen molar-refractivity contribution in [1.82, 2.24) is 10.2 Å². The molecular weight excluding hydrogens is 562 g/mol. The van der Waals surface area contributed by atoms with Crippen molar-refractivity contribution in [2.45, 2.75) is 25.3 Å². The van der Waals surface area contributed by atoms with Crippen molar-refractivity contribution >= 4 is 35.8 Å². The van der Waals surface area contributed by atoms with Gasteiger partial charge in [-0.2, -0.15) is 0 Å². The van der Waals surface area contributed by atoms with Gasteiger partial charge in [0.2, 0.25) is 0 Å². The van der Waals surface area contributed by atoms with Crippen LogP contribution in [-0.4, -0.2) is 68.6 Å². The van der Waals surface area contributed by atoms with Gasteiger partial charge >= 0.3 is 0 Å². The second-order valence-electron chi connectivity index (χ2n) is 9.93. The van der Waals surface area contributed by atoms with Crippen LogP contribution in [0.5, 0.6) is 23.0 Å². The lowest BCUT2D eigenvalue weighted by atomic mass is 10.0. The minimum Gasteiger partial charge on any atom is -0.508 e. The van der Waals surface area contributed by atoms with E-state index in [4.69, 9.17) is 5.73 Å². The minimum absolute atomic E-state index is 0.0594. The molecule has 3 aromatic rings. The Hall–Kier alpha value is -5.19. The molecule has 2 amide bonds. The SMILES string of the molecule is NCCCNCCCC(C(=O)C=Cc1ccc(O)c(O)c1)N(C(=O)C=Cc1ccc(O)cc1)C(=O)C=Cc1ccc(O)cc1. The molecular formula is C34H37N3O7. The molecule has 3 aromatic carbocycles. The maximum Gasteiger partial charge on any atom is 0.254 e. The van der Waals surface area contributed by atoms with Crippen molar-refractivity contribution in [3.05, 3.63) is 102 Å². The highest BCUT2D eigenvalue weighted by Gasteiger charge is 2.31. The molecule has 0 fully saturated rings. The van der Waals surface area contributed by atoms with Crippen LogP contribution in [0.2, 0.25) is 0 Å². The summed E-state index contributed by atoms with van der Waals surface area (Å²) in [4.78, 5) is 41.7. The van der Waals surface area contributed by atoms with Crippen LogP contribution in [0.1, 0.15) is 36.0 Å². The third-order valence-corrected chi connectivity index (χ3v) is 6.57. The molecule has 0 aliphatic heterocycles. The van der Waals surface area contributed by atoms with Crippen molar-refractivity contribution < 1.29 is 34.8 Å². The molecule has 0 heterocycles. The maximum atomic E-state index is 13.6. The van der Waals surface area contributed by atoms with Gasteiger partial charge < -0.3 is 31.5 Å². The van der Waals surface area contributed by atoms with E-state index in [-0.39, 0.29) is 29.4 Å². The van der Waals surface area contributed by atoms with Gasteiger partial charge in [-0.1, -0.05) is 36.4 Å². The van der Waals surface area contributed by atoms with Crippen molar-refractivity contribution in [3.8, 4) is 23.0 Å². The largest absolute Gasteiger partial charge is 0.508 e. The van der Waals surface area contributed by atoms with Gasteiger partial charge in [0.15, 0.2) is 17.3 Å². The molecule has 3 rings (SSSR count). The molecule has 0 saturated carbocycles. The monoisotopic (exact) mass is 599 g/mol. The molecule has 0 bridgehead atoms. The molecule has 1 atom stereocenters. The topological polar surface area (TPSA) is 173 Å². The Morgan fingerprint density at radius 2 is 1.18 bits per heavy atom. The Balaban J connectivity index is 1.94. The van der Waals surface area contributed by atoms with Crippen LogP contribution >= 0.6 is 0 Å². The van der Waals surface area contributed by atoms with Crippen LogP contribution in [0.15, 0.2) is 85.0 Å². The lowest BCUT2D eigenvalue weighted by molar-refractivity contribution is -0.145. The second-order valence-corrected chi connectivity index (χ2v) is 9.93. The summed E-state index contributed by atoms with van der Waals surface area (Å²) in [6, 6.07) is 15.1. The lowest BCUT2D eigenvalue weighted by Crippen LogP contribution is -2.47. The average molecular weight is 600 g/mol. The number of imide groups is 1. The first kappa shape index (κ1) is 33.3. The van der Waals surface area contributed by atoms with Crippen LogP contribution in [0.3, 0.4) is 0 Å². The van der Waals surface area contributed by atoms with E-state index >= 15 is 0 Å². The number of hydrogen-bond donors (Lipinski definition) is 6. The summed E-state index contributed by atoms with van der Waals surface area (Å²) >= 11 is 0. The van der Waals surface area contributed by atoms with E-state index in [1.807, 2.05) is 0 Å². The molecule has 0 aliphatic carbocycles. The fraction of sp³-hybridized carbons (Fsp3) is 0.206. The zero-order valence-corrected chi connectivity index (χ0v) is 24.2.